The van der Waals surface area contributed by atoms with Gasteiger partial charge in [0, 0.05) is 13.1 Å². The van der Waals surface area contributed by atoms with Gasteiger partial charge < -0.3 is 9.64 Å². The molecule has 1 atom stereocenters. The standard InChI is InChI=1S/C13H16ClNO2/c1-10-2-4-11(5-3-10)7-15-8-12(6-14)17-9-13(15)16/h2-5,12H,6-9H2,1H3. The number of hydrogen-bond donors (Lipinski definition) is 0. The molecule has 0 radical (unpaired) electrons. The maximum Gasteiger partial charge on any atom is 0.248 e. The predicted octanol–water partition coefficient (Wildman–Crippen LogP) is 1.96. The van der Waals surface area contributed by atoms with Crippen LogP contribution in [0.1, 0.15) is 11.1 Å². The highest BCUT2D eigenvalue weighted by Gasteiger charge is 2.25. The summed E-state index contributed by atoms with van der Waals surface area (Å²) in [6.07, 6.45) is -0.0418. The minimum atomic E-state index is -0.0418. The van der Waals surface area contributed by atoms with Crippen molar-refractivity contribution in [1.82, 2.24) is 4.90 Å². The number of nitrogens with zero attached hydrogens (tertiary/aromatic N) is 1. The predicted molar refractivity (Wildman–Crippen MR) is 67.1 cm³/mol. The Kier molecular flexibility index (Phi) is 4.02. The molecule has 0 N–H and O–H groups in total. The van der Waals surface area contributed by atoms with Gasteiger partial charge in [-0.2, -0.15) is 0 Å². The van der Waals surface area contributed by atoms with Crippen molar-refractivity contribution in [2.45, 2.75) is 19.6 Å². The summed E-state index contributed by atoms with van der Waals surface area (Å²) in [5.74, 6) is 0.462. The summed E-state index contributed by atoms with van der Waals surface area (Å²) >= 11 is 5.75. The third-order valence-corrected chi connectivity index (χ3v) is 3.23. The summed E-state index contributed by atoms with van der Waals surface area (Å²) in [6, 6.07) is 8.21. The van der Waals surface area contributed by atoms with Gasteiger partial charge in [-0.05, 0) is 12.5 Å². The van der Waals surface area contributed by atoms with Gasteiger partial charge in [-0.25, -0.2) is 0 Å². The van der Waals surface area contributed by atoms with Crippen LogP contribution in [0.5, 0.6) is 0 Å². The summed E-state index contributed by atoms with van der Waals surface area (Å²) in [7, 11) is 0. The zero-order chi connectivity index (χ0) is 12.3. The van der Waals surface area contributed by atoms with Gasteiger partial charge in [0.25, 0.3) is 0 Å². The molecule has 1 aromatic rings. The van der Waals surface area contributed by atoms with Crippen LogP contribution in [0.3, 0.4) is 0 Å². The van der Waals surface area contributed by atoms with E-state index in [2.05, 4.69) is 12.1 Å². The monoisotopic (exact) mass is 253 g/mol. The van der Waals surface area contributed by atoms with Gasteiger partial charge in [0.1, 0.15) is 6.61 Å². The Labute approximate surface area is 106 Å². The van der Waals surface area contributed by atoms with Crippen molar-refractivity contribution in [3.8, 4) is 0 Å². The quantitative estimate of drug-likeness (QED) is 0.771. The molecule has 0 aromatic heterocycles. The summed E-state index contributed by atoms with van der Waals surface area (Å²) in [5, 5.41) is 0. The van der Waals surface area contributed by atoms with Crippen molar-refractivity contribution in [2.24, 2.45) is 0 Å². The van der Waals surface area contributed by atoms with Crippen molar-refractivity contribution >= 4 is 17.5 Å². The molecular formula is C13H16ClNO2. The van der Waals surface area contributed by atoms with E-state index >= 15 is 0 Å². The second-order valence-corrected chi connectivity index (χ2v) is 4.66. The normalized spacial score (nSPS) is 20.7. The summed E-state index contributed by atoms with van der Waals surface area (Å²) < 4.78 is 5.30. The van der Waals surface area contributed by atoms with E-state index in [4.69, 9.17) is 16.3 Å². The third-order valence-electron chi connectivity index (χ3n) is 2.89. The van der Waals surface area contributed by atoms with Crippen LogP contribution >= 0.6 is 11.6 Å². The van der Waals surface area contributed by atoms with Gasteiger partial charge in [0.15, 0.2) is 0 Å². The highest BCUT2D eigenvalue weighted by atomic mass is 35.5. The molecule has 1 aliphatic rings. The second kappa shape index (κ2) is 5.52. The van der Waals surface area contributed by atoms with Crippen LogP contribution in [0.25, 0.3) is 0 Å². The fraction of sp³-hybridized carbons (Fsp3) is 0.462. The number of ether oxygens (including phenoxy) is 1. The van der Waals surface area contributed by atoms with Crippen molar-refractivity contribution in [1.29, 1.82) is 0 Å². The first-order valence-corrected chi connectivity index (χ1v) is 6.23. The molecule has 1 aliphatic heterocycles. The van der Waals surface area contributed by atoms with E-state index in [-0.39, 0.29) is 18.6 Å². The lowest BCUT2D eigenvalue weighted by molar-refractivity contribution is -0.148. The Morgan fingerprint density at radius 3 is 2.76 bits per heavy atom. The van der Waals surface area contributed by atoms with Crippen LogP contribution in [0, 0.1) is 6.92 Å². The van der Waals surface area contributed by atoms with E-state index in [1.807, 2.05) is 19.1 Å². The van der Waals surface area contributed by atoms with E-state index < -0.39 is 0 Å². The lowest BCUT2D eigenvalue weighted by atomic mass is 10.1. The fourth-order valence-corrected chi connectivity index (χ4v) is 2.03. The van der Waals surface area contributed by atoms with E-state index in [9.17, 15) is 4.79 Å². The minimum absolute atomic E-state index is 0.0342. The van der Waals surface area contributed by atoms with Gasteiger partial charge >= 0.3 is 0 Å². The Hall–Kier alpha value is -1.06. The molecule has 0 saturated carbocycles. The average molecular weight is 254 g/mol. The van der Waals surface area contributed by atoms with E-state index in [1.165, 1.54) is 5.56 Å². The molecule has 2 rings (SSSR count). The first-order valence-electron chi connectivity index (χ1n) is 5.70. The molecule has 1 aromatic carbocycles. The molecule has 4 heteroatoms. The average Bonchev–Trinajstić information content (AvgIpc) is 2.35. The molecule has 3 nitrogen and oxygen atoms in total. The Bertz CT molecular complexity index is 391. The first-order chi connectivity index (χ1) is 8.19. The molecule has 1 amide bonds. The van der Waals surface area contributed by atoms with Crippen LogP contribution < -0.4 is 0 Å². The molecular weight excluding hydrogens is 238 g/mol. The number of amides is 1. The number of halogens is 1. The third kappa shape index (κ3) is 3.20. The topological polar surface area (TPSA) is 29.5 Å². The van der Waals surface area contributed by atoms with Crippen LogP contribution in [0.2, 0.25) is 0 Å². The van der Waals surface area contributed by atoms with E-state index in [1.54, 1.807) is 4.90 Å². The molecule has 1 unspecified atom stereocenters. The molecule has 1 heterocycles. The molecule has 0 bridgehead atoms. The molecule has 1 saturated heterocycles. The number of carbonyl (C=O) groups excluding carboxylic acids is 1. The van der Waals surface area contributed by atoms with Gasteiger partial charge in [-0.3, -0.25) is 4.79 Å². The number of aryl methyl sites for hydroxylation is 1. The minimum Gasteiger partial charge on any atom is -0.365 e. The number of morpholine rings is 1. The highest BCUT2D eigenvalue weighted by Crippen LogP contribution is 2.13. The lowest BCUT2D eigenvalue weighted by Crippen LogP contribution is -2.46. The van der Waals surface area contributed by atoms with Crippen LogP contribution in [0.4, 0.5) is 0 Å². The van der Waals surface area contributed by atoms with Crippen molar-refractivity contribution in [3.63, 3.8) is 0 Å². The number of alkyl halides is 1. The van der Waals surface area contributed by atoms with Crippen molar-refractivity contribution in [3.05, 3.63) is 35.4 Å². The zero-order valence-electron chi connectivity index (χ0n) is 9.86. The SMILES string of the molecule is Cc1ccc(CN2CC(CCl)OCC2=O)cc1. The number of rotatable bonds is 3. The van der Waals surface area contributed by atoms with Gasteiger partial charge in [-0.15, -0.1) is 11.6 Å². The smallest absolute Gasteiger partial charge is 0.248 e. The Balaban J connectivity index is 2.01. The number of carbonyl (C=O) groups is 1. The molecule has 0 aliphatic carbocycles. The molecule has 92 valence electrons. The molecule has 0 spiro atoms. The fourth-order valence-electron chi connectivity index (χ4n) is 1.84. The summed E-state index contributed by atoms with van der Waals surface area (Å²) in [6.45, 7) is 3.41. The lowest BCUT2D eigenvalue weighted by Gasteiger charge is -2.31. The molecule has 17 heavy (non-hydrogen) atoms. The Morgan fingerprint density at radius 1 is 1.41 bits per heavy atom. The summed E-state index contributed by atoms with van der Waals surface area (Å²) in [5.41, 5.74) is 2.36. The van der Waals surface area contributed by atoms with Crippen LogP contribution in [0.15, 0.2) is 24.3 Å². The molecule has 1 fully saturated rings. The maximum absolute atomic E-state index is 11.7. The van der Waals surface area contributed by atoms with Crippen LogP contribution in [-0.4, -0.2) is 35.9 Å². The maximum atomic E-state index is 11.7. The van der Waals surface area contributed by atoms with Crippen molar-refractivity contribution < 1.29 is 9.53 Å². The van der Waals surface area contributed by atoms with Crippen LogP contribution in [-0.2, 0) is 16.1 Å². The highest BCUT2D eigenvalue weighted by molar-refractivity contribution is 6.18. The number of hydrogen-bond acceptors (Lipinski definition) is 2. The van der Waals surface area contributed by atoms with Crippen molar-refractivity contribution in [2.75, 3.05) is 19.0 Å². The van der Waals surface area contributed by atoms with E-state index in [0.717, 1.165) is 5.56 Å². The Morgan fingerprint density at radius 2 is 2.12 bits per heavy atom. The first kappa shape index (κ1) is 12.4. The van der Waals surface area contributed by atoms with E-state index in [0.29, 0.717) is 19.0 Å². The van der Waals surface area contributed by atoms with Gasteiger partial charge in [-0.1, -0.05) is 29.8 Å². The largest absolute Gasteiger partial charge is 0.365 e. The zero-order valence-corrected chi connectivity index (χ0v) is 10.6. The number of benzene rings is 1. The second-order valence-electron chi connectivity index (χ2n) is 4.35. The van der Waals surface area contributed by atoms with Gasteiger partial charge in [0.05, 0.1) is 12.0 Å². The van der Waals surface area contributed by atoms with Gasteiger partial charge in [0.2, 0.25) is 5.91 Å². The summed E-state index contributed by atoms with van der Waals surface area (Å²) in [4.78, 5) is 13.5.